The molecule has 7 heteroatoms. The molecule has 0 aliphatic carbocycles. The topological polar surface area (TPSA) is 92.2 Å². The largest absolute Gasteiger partial charge is 0.481 e. The molecular weight excluding hydrogens is 433 g/mol. The number of carboxylic acid groups (broad SMARTS) is 1. The van der Waals surface area contributed by atoms with Crippen LogP contribution in [0.5, 0.6) is 0 Å². The van der Waals surface area contributed by atoms with Crippen molar-refractivity contribution in [3.05, 3.63) is 95.4 Å². The SMILES string of the molecule is O=C(O)CCCCc1nc2cc(C(=O)NCc3ccccc3F)ccc2nc1-c1ccccc1. The van der Waals surface area contributed by atoms with E-state index in [4.69, 9.17) is 15.1 Å². The first kappa shape index (κ1) is 23.0. The van der Waals surface area contributed by atoms with Gasteiger partial charge in [0.2, 0.25) is 0 Å². The summed E-state index contributed by atoms with van der Waals surface area (Å²) in [6, 6.07) is 21.1. The number of aliphatic carboxylic acids is 1. The fraction of sp³-hybridized carbons (Fsp3) is 0.185. The number of unbranched alkanes of at least 4 members (excludes halogenated alkanes) is 1. The van der Waals surface area contributed by atoms with Crippen LogP contribution >= 0.6 is 0 Å². The van der Waals surface area contributed by atoms with Gasteiger partial charge in [-0.1, -0.05) is 48.5 Å². The zero-order chi connectivity index (χ0) is 23.9. The molecule has 0 saturated heterocycles. The average Bonchev–Trinajstić information content (AvgIpc) is 2.85. The minimum absolute atomic E-state index is 0.0804. The number of carbonyl (C=O) groups excluding carboxylic acids is 1. The van der Waals surface area contributed by atoms with Crippen molar-refractivity contribution in [3.63, 3.8) is 0 Å². The number of fused-ring (bicyclic) bond motifs is 1. The summed E-state index contributed by atoms with van der Waals surface area (Å²) in [6.45, 7) is 0.0804. The Labute approximate surface area is 196 Å². The molecule has 0 aliphatic heterocycles. The van der Waals surface area contributed by atoms with E-state index in [2.05, 4.69) is 5.32 Å². The van der Waals surface area contributed by atoms with Gasteiger partial charge in [-0.05, 0) is 43.5 Å². The van der Waals surface area contributed by atoms with Gasteiger partial charge in [0.05, 0.1) is 22.4 Å². The van der Waals surface area contributed by atoms with Crippen LogP contribution in [0.3, 0.4) is 0 Å². The van der Waals surface area contributed by atoms with E-state index < -0.39 is 5.97 Å². The zero-order valence-corrected chi connectivity index (χ0v) is 18.5. The van der Waals surface area contributed by atoms with Crippen LogP contribution in [-0.2, 0) is 17.8 Å². The molecule has 4 rings (SSSR count). The summed E-state index contributed by atoms with van der Waals surface area (Å²) < 4.78 is 13.8. The number of carboxylic acids is 1. The first-order valence-electron chi connectivity index (χ1n) is 11.1. The van der Waals surface area contributed by atoms with Crippen molar-refractivity contribution in [3.8, 4) is 11.3 Å². The number of aryl methyl sites for hydroxylation is 1. The molecule has 6 nitrogen and oxygen atoms in total. The van der Waals surface area contributed by atoms with Crippen molar-refractivity contribution in [2.24, 2.45) is 0 Å². The number of aromatic nitrogens is 2. The lowest BCUT2D eigenvalue weighted by Crippen LogP contribution is -2.23. The molecule has 4 aromatic rings. The first-order valence-corrected chi connectivity index (χ1v) is 11.1. The average molecular weight is 458 g/mol. The van der Waals surface area contributed by atoms with E-state index in [1.54, 1.807) is 36.4 Å². The standard InChI is InChI=1S/C27H24FN3O3/c28-21-11-5-4-10-20(21)17-29-27(34)19-14-15-22-24(16-19)30-23(12-6-7-13-25(32)33)26(31-22)18-8-2-1-3-9-18/h1-5,8-11,14-16H,6-7,12-13,17H2,(H,29,34)(H,32,33). The third-order valence-electron chi connectivity index (χ3n) is 5.50. The lowest BCUT2D eigenvalue weighted by molar-refractivity contribution is -0.137. The number of halogens is 1. The molecule has 0 unspecified atom stereocenters. The Morgan fingerprint density at radius 1 is 0.882 bits per heavy atom. The molecule has 0 radical (unpaired) electrons. The van der Waals surface area contributed by atoms with Crippen LogP contribution in [0.1, 0.15) is 40.9 Å². The minimum Gasteiger partial charge on any atom is -0.481 e. The van der Waals surface area contributed by atoms with E-state index in [0.29, 0.717) is 41.4 Å². The molecule has 1 heterocycles. The van der Waals surface area contributed by atoms with Crippen LogP contribution < -0.4 is 5.32 Å². The summed E-state index contributed by atoms with van der Waals surface area (Å²) in [6.07, 6.45) is 1.88. The number of amides is 1. The lowest BCUT2D eigenvalue weighted by Gasteiger charge is -2.11. The molecule has 0 spiro atoms. The summed E-state index contributed by atoms with van der Waals surface area (Å²) in [7, 11) is 0. The number of benzene rings is 3. The number of nitrogens with one attached hydrogen (secondary N) is 1. The Bertz CT molecular complexity index is 1330. The minimum atomic E-state index is -0.820. The third-order valence-corrected chi connectivity index (χ3v) is 5.50. The molecule has 0 saturated carbocycles. The molecular formula is C27H24FN3O3. The van der Waals surface area contributed by atoms with E-state index in [1.165, 1.54) is 6.07 Å². The maximum Gasteiger partial charge on any atom is 0.303 e. The maximum absolute atomic E-state index is 13.8. The van der Waals surface area contributed by atoms with Crippen molar-refractivity contribution >= 4 is 22.9 Å². The van der Waals surface area contributed by atoms with E-state index in [1.807, 2.05) is 30.3 Å². The summed E-state index contributed by atoms with van der Waals surface area (Å²) in [4.78, 5) is 33.1. The highest BCUT2D eigenvalue weighted by atomic mass is 19.1. The van der Waals surface area contributed by atoms with E-state index in [0.717, 1.165) is 17.0 Å². The van der Waals surface area contributed by atoms with Crippen LogP contribution in [-0.4, -0.2) is 27.0 Å². The number of carbonyl (C=O) groups is 2. The molecule has 0 aliphatic rings. The van der Waals surface area contributed by atoms with Crippen molar-refractivity contribution in [1.82, 2.24) is 15.3 Å². The van der Waals surface area contributed by atoms with Gasteiger partial charge in [-0.2, -0.15) is 0 Å². The van der Waals surface area contributed by atoms with Crippen LogP contribution in [0.4, 0.5) is 4.39 Å². The first-order chi connectivity index (χ1) is 16.5. The molecule has 0 atom stereocenters. The van der Waals surface area contributed by atoms with E-state index in [9.17, 15) is 14.0 Å². The Morgan fingerprint density at radius 2 is 1.65 bits per heavy atom. The third kappa shape index (κ3) is 5.61. The van der Waals surface area contributed by atoms with E-state index >= 15 is 0 Å². The smallest absolute Gasteiger partial charge is 0.303 e. The fourth-order valence-corrected chi connectivity index (χ4v) is 3.72. The lowest BCUT2D eigenvalue weighted by atomic mass is 10.0. The number of rotatable bonds is 9. The van der Waals surface area contributed by atoms with E-state index in [-0.39, 0.29) is 24.7 Å². The van der Waals surface area contributed by atoms with Crippen molar-refractivity contribution < 1.29 is 19.1 Å². The molecule has 34 heavy (non-hydrogen) atoms. The predicted octanol–water partition coefficient (Wildman–Crippen LogP) is 5.16. The highest BCUT2D eigenvalue weighted by Crippen LogP contribution is 2.25. The van der Waals surface area contributed by atoms with Gasteiger partial charge >= 0.3 is 5.97 Å². The second kappa shape index (κ2) is 10.7. The summed E-state index contributed by atoms with van der Waals surface area (Å²) in [5.41, 5.74) is 4.48. The molecule has 3 aromatic carbocycles. The second-order valence-corrected chi connectivity index (χ2v) is 7.96. The summed E-state index contributed by atoms with van der Waals surface area (Å²) in [5.74, 6) is -1.52. The monoisotopic (exact) mass is 457 g/mol. The fourth-order valence-electron chi connectivity index (χ4n) is 3.72. The predicted molar refractivity (Wildman–Crippen MR) is 128 cm³/mol. The second-order valence-electron chi connectivity index (χ2n) is 7.96. The molecule has 1 aromatic heterocycles. The normalized spacial score (nSPS) is 10.9. The van der Waals surface area contributed by atoms with Crippen LogP contribution in [0.15, 0.2) is 72.8 Å². The van der Waals surface area contributed by atoms with Crippen molar-refractivity contribution in [1.29, 1.82) is 0 Å². The Morgan fingerprint density at radius 3 is 2.41 bits per heavy atom. The van der Waals surface area contributed by atoms with Gasteiger partial charge in [0.15, 0.2) is 0 Å². The summed E-state index contributed by atoms with van der Waals surface area (Å²) in [5, 5.41) is 11.7. The van der Waals surface area contributed by atoms with Crippen LogP contribution in [0.2, 0.25) is 0 Å². The van der Waals surface area contributed by atoms with Gasteiger partial charge < -0.3 is 10.4 Å². The highest BCUT2D eigenvalue weighted by Gasteiger charge is 2.14. The highest BCUT2D eigenvalue weighted by molar-refractivity contribution is 5.97. The summed E-state index contributed by atoms with van der Waals surface area (Å²) >= 11 is 0. The van der Waals surface area contributed by atoms with Crippen LogP contribution in [0, 0.1) is 5.82 Å². The molecule has 0 fully saturated rings. The molecule has 2 N–H and O–H groups in total. The van der Waals surface area contributed by atoms with Gasteiger partial charge in [0.25, 0.3) is 5.91 Å². The van der Waals surface area contributed by atoms with Gasteiger partial charge in [-0.3, -0.25) is 9.59 Å². The number of hydrogen-bond acceptors (Lipinski definition) is 4. The maximum atomic E-state index is 13.8. The van der Waals surface area contributed by atoms with Crippen molar-refractivity contribution in [2.45, 2.75) is 32.2 Å². The van der Waals surface area contributed by atoms with Gasteiger partial charge in [-0.15, -0.1) is 0 Å². The zero-order valence-electron chi connectivity index (χ0n) is 18.5. The Hall–Kier alpha value is -4.13. The number of hydrogen-bond donors (Lipinski definition) is 2. The Balaban J connectivity index is 1.60. The molecule has 172 valence electrons. The molecule has 1 amide bonds. The number of nitrogens with zero attached hydrogens (tertiary/aromatic N) is 2. The van der Waals surface area contributed by atoms with Gasteiger partial charge in [-0.25, -0.2) is 14.4 Å². The van der Waals surface area contributed by atoms with Crippen LogP contribution in [0.25, 0.3) is 22.3 Å². The van der Waals surface area contributed by atoms with Crippen molar-refractivity contribution in [2.75, 3.05) is 0 Å². The van der Waals surface area contributed by atoms with Gasteiger partial charge in [0.1, 0.15) is 5.82 Å². The quantitative estimate of drug-likeness (QED) is 0.339. The molecule has 0 bridgehead atoms. The Kier molecular flexibility index (Phi) is 7.22. The van der Waals surface area contributed by atoms with Gasteiger partial charge in [0, 0.05) is 29.7 Å².